The fourth-order valence-electron chi connectivity index (χ4n) is 3.28. The predicted octanol–water partition coefficient (Wildman–Crippen LogP) is 4.72. The normalized spacial score (nSPS) is 40.4. The Kier molecular flexibility index (Phi) is 4.59. The van der Waals surface area contributed by atoms with Crippen LogP contribution in [0.1, 0.15) is 46.0 Å². The van der Waals surface area contributed by atoms with E-state index in [0.29, 0.717) is 11.8 Å². The Hall–Kier alpha value is -0.510. The molecule has 0 heterocycles. The van der Waals surface area contributed by atoms with E-state index in [4.69, 9.17) is 4.74 Å². The Morgan fingerprint density at radius 2 is 1.84 bits per heavy atom. The smallest absolute Gasteiger partial charge is 0.371 e. The molecule has 2 rings (SSSR count). The van der Waals surface area contributed by atoms with Gasteiger partial charge in [-0.1, -0.05) is 26.0 Å². The van der Waals surface area contributed by atoms with Gasteiger partial charge in [0.25, 0.3) is 0 Å². The Balaban J connectivity index is 1.89. The first-order chi connectivity index (χ1) is 8.86. The summed E-state index contributed by atoms with van der Waals surface area (Å²) < 4.78 is 44.1. The topological polar surface area (TPSA) is 9.23 Å². The zero-order chi connectivity index (χ0) is 14.0. The number of hydrogen-bond acceptors (Lipinski definition) is 1. The van der Waals surface area contributed by atoms with Crippen LogP contribution in [0.5, 0.6) is 0 Å². The van der Waals surface area contributed by atoms with Gasteiger partial charge in [0.1, 0.15) is 0 Å². The molecular formula is C15H23F3O. The second-order valence-electron chi connectivity index (χ2n) is 6.25. The lowest BCUT2D eigenvalue weighted by atomic mass is 9.81. The van der Waals surface area contributed by atoms with Crippen LogP contribution in [0.2, 0.25) is 0 Å². The summed E-state index contributed by atoms with van der Waals surface area (Å²) in [6.45, 7) is 4.38. The molecule has 0 aromatic rings. The molecule has 110 valence electrons. The van der Waals surface area contributed by atoms with Gasteiger partial charge in [-0.05, 0) is 43.9 Å². The maximum absolute atomic E-state index is 12.7. The second-order valence-corrected chi connectivity index (χ2v) is 6.25. The largest absolute Gasteiger partial charge is 0.392 e. The maximum atomic E-state index is 12.7. The molecule has 2 aliphatic rings. The van der Waals surface area contributed by atoms with E-state index < -0.39 is 12.1 Å². The van der Waals surface area contributed by atoms with Crippen LogP contribution in [0.25, 0.3) is 0 Å². The Morgan fingerprint density at radius 3 is 2.47 bits per heavy atom. The van der Waals surface area contributed by atoms with E-state index in [-0.39, 0.29) is 25.0 Å². The minimum absolute atomic E-state index is 0.0821. The van der Waals surface area contributed by atoms with Crippen molar-refractivity contribution in [3.8, 4) is 0 Å². The van der Waals surface area contributed by atoms with Gasteiger partial charge in [0.2, 0.25) is 0 Å². The van der Waals surface area contributed by atoms with Crippen LogP contribution in [-0.2, 0) is 4.74 Å². The van der Waals surface area contributed by atoms with Crippen molar-refractivity contribution in [2.75, 3.05) is 0 Å². The summed E-state index contributed by atoms with van der Waals surface area (Å²) in [5.74, 6) is -0.0802. The monoisotopic (exact) mass is 276 g/mol. The Bertz CT molecular complexity index is 324. The number of allylic oxidation sites excluding steroid dienone is 1. The van der Waals surface area contributed by atoms with Crippen molar-refractivity contribution < 1.29 is 17.9 Å². The zero-order valence-corrected chi connectivity index (χ0v) is 11.6. The van der Waals surface area contributed by atoms with Crippen LogP contribution >= 0.6 is 0 Å². The van der Waals surface area contributed by atoms with Gasteiger partial charge < -0.3 is 4.74 Å². The van der Waals surface area contributed by atoms with E-state index in [2.05, 4.69) is 13.8 Å². The molecule has 0 bridgehead atoms. The van der Waals surface area contributed by atoms with Crippen molar-refractivity contribution in [2.45, 2.75) is 64.3 Å². The third kappa shape index (κ3) is 3.98. The molecule has 19 heavy (non-hydrogen) atoms. The highest BCUT2D eigenvalue weighted by Gasteiger charge is 2.41. The highest BCUT2D eigenvalue weighted by Crippen LogP contribution is 2.38. The molecule has 0 aromatic heterocycles. The molecule has 2 aliphatic carbocycles. The molecule has 1 fully saturated rings. The van der Waals surface area contributed by atoms with Gasteiger partial charge in [-0.2, -0.15) is 13.2 Å². The van der Waals surface area contributed by atoms with Crippen molar-refractivity contribution in [2.24, 2.45) is 17.8 Å². The van der Waals surface area contributed by atoms with Gasteiger partial charge in [-0.15, -0.1) is 0 Å². The summed E-state index contributed by atoms with van der Waals surface area (Å²) in [5, 5.41) is 0. The van der Waals surface area contributed by atoms with Crippen molar-refractivity contribution in [3.63, 3.8) is 0 Å². The van der Waals surface area contributed by atoms with Gasteiger partial charge in [0.15, 0.2) is 0 Å². The first-order valence-corrected chi connectivity index (χ1v) is 7.25. The summed E-state index contributed by atoms with van der Waals surface area (Å²) in [6, 6.07) is 0. The average Bonchev–Trinajstić information content (AvgIpc) is 2.32. The zero-order valence-electron chi connectivity index (χ0n) is 11.6. The summed E-state index contributed by atoms with van der Waals surface area (Å²) in [6.07, 6.45) is 2.49. The quantitative estimate of drug-likeness (QED) is 0.663. The van der Waals surface area contributed by atoms with Crippen molar-refractivity contribution in [3.05, 3.63) is 12.2 Å². The molecule has 0 saturated heterocycles. The average molecular weight is 276 g/mol. The SMILES string of the molecule is CC1CCC(OC2C=CCC(C(F)(F)F)C2)C(C)C1. The molecule has 1 saturated carbocycles. The van der Waals surface area contributed by atoms with Crippen LogP contribution < -0.4 is 0 Å². The Morgan fingerprint density at radius 1 is 1.11 bits per heavy atom. The lowest BCUT2D eigenvalue weighted by molar-refractivity contribution is -0.186. The number of alkyl halides is 3. The third-order valence-corrected chi connectivity index (χ3v) is 4.45. The van der Waals surface area contributed by atoms with Gasteiger partial charge >= 0.3 is 6.18 Å². The number of rotatable bonds is 2. The van der Waals surface area contributed by atoms with E-state index in [0.717, 1.165) is 19.3 Å². The molecule has 0 amide bonds. The van der Waals surface area contributed by atoms with Gasteiger partial charge in [0, 0.05) is 0 Å². The van der Waals surface area contributed by atoms with Gasteiger partial charge in [-0.25, -0.2) is 0 Å². The van der Waals surface area contributed by atoms with E-state index in [1.807, 2.05) is 6.08 Å². The van der Waals surface area contributed by atoms with Crippen LogP contribution in [0.4, 0.5) is 13.2 Å². The Labute approximate surface area is 113 Å². The highest BCUT2D eigenvalue weighted by atomic mass is 19.4. The summed E-state index contributed by atoms with van der Waals surface area (Å²) in [7, 11) is 0. The number of hydrogen-bond donors (Lipinski definition) is 0. The molecule has 0 N–H and O–H groups in total. The van der Waals surface area contributed by atoms with Crippen LogP contribution in [-0.4, -0.2) is 18.4 Å². The molecule has 4 heteroatoms. The summed E-state index contributed by atoms with van der Waals surface area (Å²) in [5.41, 5.74) is 0. The van der Waals surface area contributed by atoms with Crippen LogP contribution in [0.15, 0.2) is 12.2 Å². The molecule has 1 nitrogen and oxygen atoms in total. The van der Waals surface area contributed by atoms with E-state index in [1.165, 1.54) is 0 Å². The molecule has 5 atom stereocenters. The van der Waals surface area contributed by atoms with E-state index in [9.17, 15) is 13.2 Å². The third-order valence-electron chi connectivity index (χ3n) is 4.45. The van der Waals surface area contributed by atoms with Crippen molar-refractivity contribution in [1.29, 1.82) is 0 Å². The molecule has 0 radical (unpaired) electrons. The minimum Gasteiger partial charge on any atom is -0.371 e. The van der Waals surface area contributed by atoms with Gasteiger partial charge in [-0.3, -0.25) is 0 Å². The maximum Gasteiger partial charge on any atom is 0.392 e. The fourth-order valence-corrected chi connectivity index (χ4v) is 3.28. The first kappa shape index (κ1) is 14.9. The second kappa shape index (κ2) is 5.86. The van der Waals surface area contributed by atoms with Crippen LogP contribution in [0, 0.1) is 17.8 Å². The predicted molar refractivity (Wildman–Crippen MR) is 68.8 cm³/mol. The molecule has 5 unspecified atom stereocenters. The first-order valence-electron chi connectivity index (χ1n) is 7.25. The summed E-state index contributed by atoms with van der Waals surface area (Å²) in [4.78, 5) is 0. The lowest BCUT2D eigenvalue weighted by Gasteiger charge is -2.36. The number of ether oxygens (including phenoxy) is 1. The minimum atomic E-state index is -4.10. The van der Waals surface area contributed by atoms with Crippen molar-refractivity contribution >= 4 is 0 Å². The van der Waals surface area contributed by atoms with Crippen LogP contribution in [0.3, 0.4) is 0 Å². The lowest BCUT2D eigenvalue weighted by Crippen LogP contribution is -2.36. The number of halogens is 3. The van der Waals surface area contributed by atoms with E-state index in [1.54, 1.807) is 6.08 Å². The standard InChI is InChI=1S/C15H23F3O/c1-10-6-7-14(11(2)8-10)19-13-5-3-4-12(9-13)15(16,17)18/h3,5,10-14H,4,6-9H2,1-2H3. The molecule has 0 aromatic carbocycles. The molecule has 0 spiro atoms. The molecular weight excluding hydrogens is 253 g/mol. The summed E-state index contributed by atoms with van der Waals surface area (Å²) >= 11 is 0. The highest BCUT2D eigenvalue weighted by molar-refractivity contribution is 4.99. The van der Waals surface area contributed by atoms with Crippen molar-refractivity contribution in [1.82, 2.24) is 0 Å². The molecule has 0 aliphatic heterocycles. The fraction of sp³-hybridized carbons (Fsp3) is 0.867. The van der Waals surface area contributed by atoms with Gasteiger partial charge in [0.05, 0.1) is 18.1 Å². The van der Waals surface area contributed by atoms with E-state index >= 15 is 0 Å².